The number of carbonyl (C=O) groups excluding carboxylic acids is 1. The molecular weight excluding hydrogens is 292 g/mol. The second-order valence-corrected chi connectivity index (χ2v) is 6.47. The van der Waals surface area contributed by atoms with Crippen LogP contribution >= 0.6 is 0 Å². The molecule has 2 fully saturated rings. The van der Waals surface area contributed by atoms with Gasteiger partial charge in [-0.25, -0.2) is 14.8 Å². The summed E-state index contributed by atoms with van der Waals surface area (Å²) in [6, 6.07) is -0.0937. The van der Waals surface area contributed by atoms with Crippen molar-refractivity contribution in [3.8, 4) is 0 Å². The molecule has 1 aromatic rings. The lowest BCUT2D eigenvalue weighted by atomic mass is 10.1. The Morgan fingerprint density at radius 3 is 2.70 bits per heavy atom. The predicted molar refractivity (Wildman–Crippen MR) is 88.5 cm³/mol. The number of hydrogen-bond acceptors (Lipinski definition) is 4. The van der Waals surface area contributed by atoms with Gasteiger partial charge in [-0.1, -0.05) is 6.92 Å². The van der Waals surface area contributed by atoms with Crippen molar-refractivity contribution in [1.29, 1.82) is 0 Å². The third-order valence-electron chi connectivity index (χ3n) is 4.34. The quantitative estimate of drug-likeness (QED) is 0.875. The van der Waals surface area contributed by atoms with Crippen LogP contribution in [-0.2, 0) is 4.74 Å². The van der Waals surface area contributed by atoms with Gasteiger partial charge in [0.1, 0.15) is 5.82 Å². The van der Waals surface area contributed by atoms with E-state index in [1.165, 1.54) is 19.3 Å². The normalized spacial score (nSPS) is 21.0. The van der Waals surface area contributed by atoms with Crippen molar-refractivity contribution in [3.05, 3.63) is 18.2 Å². The van der Waals surface area contributed by atoms with Gasteiger partial charge >= 0.3 is 6.03 Å². The molecule has 1 N–H and O–H groups in total. The van der Waals surface area contributed by atoms with Crippen molar-refractivity contribution < 1.29 is 9.53 Å². The summed E-state index contributed by atoms with van der Waals surface area (Å²) in [6.07, 6.45) is 10.2. The van der Waals surface area contributed by atoms with Gasteiger partial charge in [-0.3, -0.25) is 0 Å². The number of carbonyl (C=O) groups is 1. The van der Waals surface area contributed by atoms with Crippen LogP contribution in [0.2, 0.25) is 0 Å². The Bertz CT molecular complexity index is 510. The third-order valence-corrected chi connectivity index (χ3v) is 4.34. The fraction of sp³-hybridized carbons (Fsp3) is 0.706. The highest BCUT2D eigenvalue weighted by atomic mass is 16.5. The lowest BCUT2D eigenvalue weighted by molar-refractivity contribution is 0.00161. The molecule has 0 bridgehead atoms. The maximum absolute atomic E-state index is 12.5. The first-order valence-electron chi connectivity index (χ1n) is 8.75. The number of anilines is 1. The maximum atomic E-state index is 12.5. The maximum Gasteiger partial charge on any atom is 0.322 e. The molecule has 1 aliphatic carbocycles. The molecule has 1 unspecified atom stereocenters. The van der Waals surface area contributed by atoms with Crippen molar-refractivity contribution in [2.45, 2.75) is 57.5 Å². The SMILES string of the molecule is CCCN(CC1CCCCO1)C(=O)Nc1cnc(C2CC2)nc1. The molecule has 6 nitrogen and oxygen atoms in total. The second kappa shape index (κ2) is 7.73. The standard InChI is InChI=1S/C17H26N4O2/c1-2-8-21(12-15-5-3-4-9-23-15)17(22)20-14-10-18-16(19-11-14)13-6-7-13/h10-11,13,15H,2-9,12H2,1H3,(H,20,22). The topological polar surface area (TPSA) is 67.3 Å². The Morgan fingerprint density at radius 1 is 1.30 bits per heavy atom. The highest BCUT2D eigenvalue weighted by Gasteiger charge is 2.26. The number of urea groups is 1. The van der Waals surface area contributed by atoms with E-state index in [9.17, 15) is 4.79 Å². The Balaban J connectivity index is 1.55. The van der Waals surface area contributed by atoms with E-state index in [-0.39, 0.29) is 12.1 Å². The van der Waals surface area contributed by atoms with Gasteiger partial charge in [-0.15, -0.1) is 0 Å². The van der Waals surface area contributed by atoms with Crippen LogP contribution in [0.15, 0.2) is 12.4 Å². The van der Waals surface area contributed by atoms with E-state index in [2.05, 4.69) is 22.2 Å². The van der Waals surface area contributed by atoms with E-state index < -0.39 is 0 Å². The monoisotopic (exact) mass is 318 g/mol. The number of ether oxygens (including phenoxy) is 1. The van der Waals surface area contributed by atoms with E-state index in [0.29, 0.717) is 18.2 Å². The van der Waals surface area contributed by atoms with E-state index in [1.54, 1.807) is 12.4 Å². The van der Waals surface area contributed by atoms with Crippen LogP contribution in [0.1, 0.15) is 57.2 Å². The summed E-state index contributed by atoms with van der Waals surface area (Å²) in [5.74, 6) is 1.42. The zero-order valence-corrected chi connectivity index (χ0v) is 13.8. The van der Waals surface area contributed by atoms with Crippen LogP contribution in [0.25, 0.3) is 0 Å². The van der Waals surface area contributed by atoms with Crippen LogP contribution in [0.5, 0.6) is 0 Å². The molecule has 0 aromatic carbocycles. The van der Waals surface area contributed by atoms with Crippen LogP contribution in [0.4, 0.5) is 10.5 Å². The Hall–Kier alpha value is -1.69. The summed E-state index contributed by atoms with van der Waals surface area (Å²) in [5, 5.41) is 2.91. The van der Waals surface area contributed by atoms with Crippen molar-refractivity contribution in [3.63, 3.8) is 0 Å². The molecule has 23 heavy (non-hydrogen) atoms. The van der Waals surface area contributed by atoms with Crippen LogP contribution < -0.4 is 5.32 Å². The van der Waals surface area contributed by atoms with E-state index >= 15 is 0 Å². The average molecular weight is 318 g/mol. The molecule has 1 atom stereocenters. The van der Waals surface area contributed by atoms with Gasteiger partial charge in [0, 0.05) is 25.6 Å². The number of rotatable bonds is 6. The average Bonchev–Trinajstić information content (AvgIpc) is 3.41. The summed E-state index contributed by atoms with van der Waals surface area (Å²) in [4.78, 5) is 23.0. The molecule has 2 heterocycles. The van der Waals surface area contributed by atoms with Gasteiger partial charge in [0.05, 0.1) is 24.2 Å². The zero-order valence-electron chi connectivity index (χ0n) is 13.8. The van der Waals surface area contributed by atoms with Crippen LogP contribution in [0, 0.1) is 0 Å². The van der Waals surface area contributed by atoms with Crippen molar-refractivity contribution in [2.24, 2.45) is 0 Å². The first-order valence-corrected chi connectivity index (χ1v) is 8.75. The molecule has 0 spiro atoms. The third kappa shape index (κ3) is 4.64. The van der Waals surface area contributed by atoms with Gasteiger partial charge in [0.2, 0.25) is 0 Å². The van der Waals surface area contributed by atoms with Gasteiger partial charge in [0.25, 0.3) is 0 Å². The Kier molecular flexibility index (Phi) is 5.43. The van der Waals surface area contributed by atoms with Crippen LogP contribution in [-0.4, -0.2) is 46.7 Å². The first kappa shape index (κ1) is 16.2. The number of nitrogens with one attached hydrogen (secondary N) is 1. The summed E-state index contributed by atoms with van der Waals surface area (Å²) in [7, 11) is 0. The molecule has 1 aromatic heterocycles. The van der Waals surface area contributed by atoms with Crippen molar-refractivity contribution in [2.75, 3.05) is 25.0 Å². The molecule has 0 radical (unpaired) electrons. The zero-order chi connectivity index (χ0) is 16.1. The Morgan fingerprint density at radius 2 is 2.09 bits per heavy atom. The molecule has 2 amide bonds. The lowest BCUT2D eigenvalue weighted by Gasteiger charge is -2.29. The molecule has 1 saturated carbocycles. The summed E-state index contributed by atoms with van der Waals surface area (Å²) >= 11 is 0. The minimum absolute atomic E-state index is 0.0937. The Labute approximate surface area is 137 Å². The van der Waals surface area contributed by atoms with Gasteiger partial charge in [-0.05, 0) is 38.5 Å². The molecule has 126 valence electrons. The molecular formula is C17H26N4O2. The molecule has 3 rings (SSSR count). The fourth-order valence-electron chi connectivity index (χ4n) is 2.90. The van der Waals surface area contributed by atoms with Crippen molar-refractivity contribution >= 4 is 11.7 Å². The summed E-state index contributed by atoms with van der Waals surface area (Å²) in [6.45, 7) is 4.27. The lowest BCUT2D eigenvalue weighted by Crippen LogP contribution is -2.42. The largest absolute Gasteiger partial charge is 0.376 e. The second-order valence-electron chi connectivity index (χ2n) is 6.47. The van der Waals surface area contributed by atoms with Gasteiger partial charge in [0.15, 0.2) is 0 Å². The van der Waals surface area contributed by atoms with Crippen LogP contribution in [0.3, 0.4) is 0 Å². The first-order chi connectivity index (χ1) is 11.3. The highest BCUT2D eigenvalue weighted by molar-refractivity contribution is 5.88. The number of amides is 2. The molecule has 1 aliphatic heterocycles. The van der Waals surface area contributed by atoms with Gasteiger partial charge < -0.3 is 15.0 Å². The van der Waals surface area contributed by atoms with E-state index in [0.717, 1.165) is 38.2 Å². The van der Waals surface area contributed by atoms with Crippen molar-refractivity contribution in [1.82, 2.24) is 14.9 Å². The van der Waals surface area contributed by atoms with Gasteiger partial charge in [-0.2, -0.15) is 0 Å². The summed E-state index contributed by atoms with van der Waals surface area (Å²) in [5.41, 5.74) is 0.657. The predicted octanol–water partition coefficient (Wildman–Crippen LogP) is 3.17. The highest BCUT2D eigenvalue weighted by Crippen LogP contribution is 2.37. The fourth-order valence-corrected chi connectivity index (χ4v) is 2.90. The minimum Gasteiger partial charge on any atom is -0.376 e. The van der Waals surface area contributed by atoms with E-state index in [4.69, 9.17) is 4.74 Å². The molecule has 2 aliphatic rings. The number of hydrogen-bond donors (Lipinski definition) is 1. The number of nitrogens with zero attached hydrogens (tertiary/aromatic N) is 3. The summed E-state index contributed by atoms with van der Waals surface area (Å²) < 4.78 is 5.76. The molecule has 6 heteroatoms. The minimum atomic E-state index is -0.0937. The van der Waals surface area contributed by atoms with E-state index in [1.807, 2.05) is 4.90 Å². The number of aromatic nitrogens is 2. The smallest absolute Gasteiger partial charge is 0.322 e. The molecule has 1 saturated heterocycles.